The fourth-order valence-electron chi connectivity index (χ4n) is 1.66. The van der Waals surface area contributed by atoms with Gasteiger partial charge in [0, 0.05) is 10.9 Å². The molecule has 1 nitrogen and oxygen atoms in total. The van der Waals surface area contributed by atoms with Gasteiger partial charge in [0.15, 0.2) is 0 Å². The first-order valence-corrected chi connectivity index (χ1v) is 4.58. The van der Waals surface area contributed by atoms with E-state index in [0.29, 0.717) is 11.1 Å². The third kappa shape index (κ3) is 1.65. The fraction of sp³-hybridized carbons (Fsp3) is 0.167. The highest BCUT2D eigenvalue weighted by molar-refractivity contribution is 5.91. The van der Waals surface area contributed by atoms with Crippen molar-refractivity contribution in [3.8, 4) is 5.75 Å². The Morgan fingerprint density at radius 3 is 2.27 bits per heavy atom. The minimum absolute atomic E-state index is 0.0476. The number of ether oxygens (including phenoxy) is 1. The molecule has 0 spiro atoms. The van der Waals surface area contributed by atoms with E-state index in [1.165, 1.54) is 13.2 Å². The van der Waals surface area contributed by atoms with Gasteiger partial charge >= 0.3 is 0 Å². The molecule has 0 fully saturated rings. The molecule has 0 amide bonds. The Bertz CT molecular complexity index is 480. The van der Waals surface area contributed by atoms with Gasteiger partial charge in [0.2, 0.25) is 0 Å². The summed E-state index contributed by atoms with van der Waals surface area (Å²) in [5, 5.41) is 1.27. The van der Waals surface area contributed by atoms with Crippen molar-refractivity contribution >= 4 is 10.8 Å². The summed E-state index contributed by atoms with van der Waals surface area (Å²) in [5.41, 5.74) is 0.0476. The van der Waals surface area contributed by atoms with Gasteiger partial charge in [-0.2, -0.15) is 0 Å². The van der Waals surface area contributed by atoms with E-state index >= 15 is 0 Å². The molecule has 0 unspecified atom stereocenters. The van der Waals surface area contributed by atoms with E-state index in [4.69, 9.17) is 4.74 Å². The maximum atomic E-state index is 12.7. The van der Waals surface area contributed by atoms with Gasteiger partial charge in [-0.05, 0) is 17.5 Å². The third-order valence-corrected chi connectivity index (χ3v) is 2.37. The van der Waals surface area contributed by atoms with E-state index in [1.807, 2.05) is 0 Å². The van der Waals surface area contributed by atoms with Gasteiger partial charge in [-0.1, -0.05) is 24.3 Å². The lowest BCUT2D eigenvalue weighted by atomic mass is 10.0. The summed E-state index contributed by atoms with van der Waals surface area (Å²) in [6.07, 6.45) is -2.46. The zero-order valence-electron chi connectivity index (χ0n) is 8.21. The van der Waals surface area contributed by atoms with Crippen molar-refractivity contribution in [2.45, 2.75) is 6.43 Å². The molecule has 0 aromatic heterocycles. The molecule has 15 heavy (non-hydrogen) atoms. The Balaban J connectivity index is 2.77. The highest BCUT2D eigenvalue weighted by Gasteiger charge is 2.12. The van der Waals surface area contributed by atoms with Gasteiger partial charge in [-0.25, -0.2) is 8.78 Å². The highest BCUT2D eigenvalue weighted by atomic mass is 19.3. The number of alkyl halides is 2. The van der Waals surface area contributed by atoms with E-state index in [9.17, 15) is 8.78 Å². The van der Waals surface area contributed by atoms with Crippen molar-refractivity contribution in [1.29, 1.82) is 0 Å². The second-order valence-corrected chi connectivity index (χ2v) is 3.20. The van der Waals surface area contributed by atoms with Crippen molar-refractivity contribution in [1.82, 2.24) is 0 Å². The predicted octanol–water partition coefficient (Wildman–Crippen LogP) is 3.79. The summed E-state index contributed by atoms with van der Waals surface area (Å²) in [5.74, 6) is 0.620. The maximum absolute atomic E-state index is 12.7. The molecule has 0 radical (unpaired) electrons. The molecular formula is C12H10F2O. The van der Waals surface area contributed by atoms with Crippen LogP contribution in [-0.4, -0.2) is 7.11 Å². The predicted molar refractivity (Wildman–Crippen MR) is 55.5 cm³/mol. The van der Waals surface area contributed by atoms with Crippen LogP contribution in [0, 0.1) is 0 Å². The van der Waals surface area contributed by atoms with Crippen LogP contribution in [0.3, 0.4) is 0 Å². The number of benzene rings is 2. The van der Waals surface area contributed by atoms with Crippen LogP contribution < -0.4 is 4.74 Å². The number of methoxy groups -OCH3 is 1. The molecule has 0 N–H and O–H groups in total. The van der Waals surface area contributed by atoms with Gasteiger partial charge in [0.25, 0.3) is 6.43 Å². The zero-order valence-corrected chi connectivity index (χ0v) is 8.21. The zero-order chi connectivity index (χ0) is 10.8. The Morgan fingerprint density at radius 1 is 1.00 bits per heavy atom. The van der Waals surface area contributed by atoms with E-state index in [-0.39, 0.29) is 5.56 Å². The molecule has 0 aliphatic rings. The van der Waals surface area contributed by atoms with E-state index in [0.717, 1.165) is 5.39 Å². The number of halogens is 2. The van der Waals surface area contributed by atoms with Crippen LogP contribution in [0.5, 0.6) is 5.75 Å². The summed E-state index contributed by atoms with van der Waals surface area (Å²) in [4.78, 5) is 0. The van der Waals surface area contributed by atoms with Crippen LogP contribution in [0.4, 0.5) is 8.78 Å². The first-order valence-electron chi connectivity index (χ1n) is 4.58. The molecule has 0 saturated heterocycles. The lowest BCUT2D eigenvalue weighted by Gasteiger charge is -2.09. The van der Waals surface area contributed by atoms with E-state index in [2.05, 4.69) is 0 Å². The Morgan fingerprint density at radius 2 is 1.67 bits per heavy atom. The van der Waals surface area contributed by atoms with Crippen molar-refractivity contribution in [2.24, 2.45) is 0 Å². The van der Waals surface area contributed by atoms with Gasteiger partial charge in [-0.15, -0.1) is 0 Å². The van der Waals surface area contributed by atoms with E-state index in [1.54, 1.807) is 30.3 Å². The minimum Gasteiger partial charge on any atom is -0.496 e. The number of rotatable bonds is 2. The quantitative estimate of drug-likeness (QED) is 0.729. The minimum atomic E-state index is -2.46. The first kappa shape index (κ1) is 9.90. The van der Waals surface area contributed by atoms with Crippen molar-refractivity contribution in [2.75, 3.05) is 7.11 Å². The fourth-order valence-corrected chi connectivity index (χ4v) is 1.66. The second kappa shape index (κ2) is 3.85. The molecule has 3 heteroatoms. The van der Waals surface area contributed by atoms with Crippen molar-refractivity contribution in [3.63, 3.8) is 0 Å². The summed E-state index contributed by atoms with van der Waals surface area (Å²) < 4.78 is 30.5. The van der Waals surface area contributed by atoms with Crippen LogP contribution in [0.2, 0.25) is 0 Å². The maximum Gasteiger partial charge on any atom is 0.264 e. The molecule has 2 aromatic rings. The van der Waals surface area contributed by atoms with Gasteiger partial charge in [0.1, 0.15) is 5.75 Å². The smallest absolute Gasteiger partial charge is 0.264 e. The van der Waals surface area contributed by atoms with Crippen LogP contribution >= 0.6 is 0 Å². The van der Waals surface area contributed by atoms with Gasteiger partial charge < -0.3 is 4.74 Å². The standard InChI is InChI=1S/C12H10F2O/c1-15-11-7-6-10(12(13)14)8-4-2-3-5-9(8)11/h2-7,12H,1H3. The Hall–Kier alpha value is -1.64. The molecule has 0 aliphatic heterocycles. The van der Waals surface area contributed by atoms with E-state index < -0.39 is 6.43 Å². The largest absolute Gasteiger partial charge is 0.496 e. The van der Waals surface area contributed by atoms with Crippen LogP contribution in [0.25, 0.3) is 10.8 Å². The first-order chi connectivity index (χ1) is 7.24. The van der Waals surface area contributed by atoms with Gasteiger partial charge in [0.05, 0.1) is 7.11 Å². The van der Waals surface area contributed by atoms with Crippen molar-refractivity contribution in [3.05, 3.63) is 42.0 Å². The van der Waals surface area contributed by atoms with Crippen LogP contribution in [0.15, 0.2) is 36.4 Å². The molecule has 78 valence electrons. The summed E-state index contributed by atoms with van der Waals surface area (Å²) in [6.45, 7) is 0. The van der Waals surface area contributed by atoms with Gasteiger partial charge in [-0.3, -0.25) is 0 Å². The van der Waals surface area contributed by atoms with Crippen LogP contribution in [-0.2, 0) is 0 Å². The normalized spacial score (nSPS) is 10.9. The number of hydrogen-bond acceptors (Lipinski definition) is 1. The Labute approximate surface area is 86.3 Å². The number of fused-ring (bicyclic) bond motifs is 1. The lowest BCUT2D eigenvalue weighted by molar-refractivity contribution is 0.153. The summed E-state index contributed by atoms with van der Waals surface area (Å²) >= 11 is 0. The number of hydrogen-bond donors (Lipinski definition) is 0. The van der Waals surface area contributed by atoms with Crippen molar-refractivity contribution < 1.29 is 13.5 Å². The summed E-state index contributed by atoms with van der Waals surface area (Å²) in [6, 6.07) is 9.99. The SMILES string of the molecule is COc1ccc(C(F)F)c2ccccc12. The molecular weight excluding hydrogens is 198 g/mol. The summed E-state index contributed by atoms with van der Waals surface area (Å²) in [7, 11) is 1.53. The molecule has 0 saturated carbocycles. The average molecular weight is 208 g/mol. The topological polar surface area (TPSA) is 9.23 Å². The molecule has 0 atom stereocenters. The molecule has 2 rings (SSSR count). The molecule has 2 aromatic carbocycles. The third-order valence-electron chi connectivity index (χ3n) is 2.37. The molecule has 0 aliphatic carbocycles. The average Bonchev–Trinajstić information content (AvgIpc) is 2.27. The molecule has 0 bridgehead atoms. The second-order valence-electron chi connectivity index (χ2n) is 3.20. The highest BCUT2D eigenvalue weighted by Crippen LogP contribution is 2.33. The molecule has 0 heterocycles. The van der Waals surface area contributed by atoms with Crippen LogP contribution in [0.1, 0.15) is 12.0 Å². The Kier molecular flexibility index (Phi) is 2.54. The monoisotopic (exact) mass is 208 g/mol. The lowest BCUT2D eigenvalue weighted by Crippen LogP contribution is -1.90.